The lowest BCUT2D eigenvalue weighted by atomic mass is 9.57. The topological polar surface area (TPSA) is 194 Å². The fourth-order valence-corrected chi connectivity index (χ4v) is 6.88. The zero-order valence-electron chi connectivity index (χ0n) is 24.4. The smallest absolute Gasteiger partial charge is 0.255 e. The summed E-state index contributed by atoms with van der Waals surface area (Å²) < 4.78 is 0. The van der Waals surface area contributed by atoms with Crippen LogP contribution in [0.15, 0.2) is 47.2 Å². The van der Waals surface area contributed by atoms with Crippen LogP contribution in [0.5, 0.6) is 5.75 Å². The summed E-state index contributed by atoms with van der Waals surface area (Å²) in [6.07, 6.45) is 0.168. The first-order chi connectivity index (χ1) is 20.1. The summed E-state index contributed by atoms with van der Waals surface area (Å²) in [6, 6.07) is 7.35. The van der Waals surface area contributed by atoms with E-state index in [1.807, 2.05) is 0 Å². The molecule has 0 saturated heterocycles. The highest BCUT2D eigenvalue weighted by atomic mass is 16.3. The summed E-state index contributed by atoms with van der Waals surface area (Å²) in [4.78, 5) is 54.5. The molecule has 1 saturated carbocycles. The monoisotopic (exact) mass is 590 g/mol. The van der Waals surface area contributed by atoms with Gasteiger partial charge in [0, 0.05) is 49.4 Å². The number of amides is 2. The van der Waals surface area contributed by atoms with E-state index in [1.54, 1.807) is 63.4 Å². The second kappa shape index (κ2) is 10.2. The molecular formula is C31H34N4O8. The summed E-state index contributed by atoms with van der Waals surface area (Å²) in [5, 5.41) is 48.9. The van der Waals surface area contributed by atoms with Gasteiger partial charge in [-0.1, -0.05) is 12.1 Å². The Morgan fingerprint density at radius 1 is 1.07 bits per heavy atom. The first kappa shape index (κ1) is 29.8. The molecule has 0 aliphatic heterocycles. The molecule has 0 heterocycles. The van der Waals surface area contributed by atoms with E-state index in [1.165, 1.54) is 11.8 Å². The standard InChI is InChI=1S/C31H34N4O8/c1-13(36)33-16-8-6-7-14(9-16)17-12-20(34(2)3)18-10-15-11-19-24(35(4)5)27(39)23(30(32)42)29(41)31(19,43)28(40)21(15)26(38)22(18)25(17)37/h6-9,12,15,19,24,37-38,41,43H,10-11H2,1-5H3,(H2,32,42)(H,33,36)/t15-,19-,24+,31-/m0/s1. The molecule has 226 valence electrons. The fraction of sp³-hybridized carbons (Fsp3) is 0.355. The number of anilines is 2. The van der Waals surface area contributed by atoms with Crippen molar-refractivity contribution >= 4 is 40.5 Å². The summed E-state index contributed by atoms with van der Waals surface area (Å²) in [7, 11) is 6.69. The van der Waals surface area contributed by atoms with Crippen LogP contribution in [0.3, 0.4) is 0 Å². The third-order valence-electron chi connectivity index (χ3n) is 8.67. The van der Waals surface area contributed by atoms with Crippen molar-refractivity contribution < 1.29 is 39.6 Å². The van der Waals surface area contributed by atoms with Gasteiger partial charge in [0.05, 0.1) is 11.6 Å². The maximum atomic E-state index is 14.1. The van der Waals surface area contributed by atoms with Crippen molar-refractivity contribution in [1.29, 1.82) is 0 Å². The molecule has 1 fully saturated rings. The molecule has 5 rings (SSSR count). The van der Waals surface area contributed by atoms with Gasteiger partial charge in [-0.15, -0.1) is 0 Å². The Morgan fingerprint density at radius 2 is 1.74 bits per heavy atom. The van der Waals surface area contributed by atoms with E-state index >= 15 is 0 Å². The Morgan fingerprint density at radius 3 is 2.33 bits per heavy atom. The number of aromatic hydroxyl groups is 1. The highest BCUT2D eigenvalue weighted by Gasteiger charge is 2.64. The number of benzene rings is 2. The summed E-state index contributed by atoms with van der Waals surface area (Å²) >= 11 is 0. The van der Waals surface area contributed by atoms with Crippen LogP contribution in [-0.4, -0.2) is 88.5 Å². The zero-order valence-corrected chi connectivity index (χ0v) is 24.4. The Kier molecular flexibility index (Phi) is 7.10. The normalized spacial score (nSPS) is 24.9. The van der Waals surface area contributed by atoms with Crippen LogP contribution in [-0.2, 0) is 25.6 Å². The lowest BCUT2D eigenvalue weighted by Gasteiger charge is -2.50. The lowest BCUT2D eigenvalue weighted by molar-refractivity contribution is -0.153. The SMILES string of the molecule is CC(=O)Nc1cccc(-c2cc(N(C)C)c3c(c2O)C(O)=C2C(=O)[C@]4(O)C(O)=C(C(N)=O)C(=O)[C@H](N(C)C)[C@@H]4C[C@@H]2C3)c1. The number of aliphatic hydroxyl groups is 3. The van der Waals surface area contributed by atoms with Crippen LogP contribution in [0.4, 0.5) is 11.4 Å². The van der Waals surface area contributed by atoms with E-state index in [0.717, 1.165) is 0 Å². The maximum absolute atomic E-state index is 14.1. The Bertz CT molecular complexity index is 1670. The van der Waals surface area contributed by atoms with Crippen LogP contribution >= 0.6 is 0 Å². The Balaban J connectivity index is 1.75. The number of fused-ring (bicyclic) bond motifs is 3. The quantitative estimate of drug-likeness (QED) is 0.279. The summed E-state index contributed by atoms with van der Waals surface area (Å²) in [6.45, 7) is 1.37. The number of carbonyl (C=O) groups is 4. The van der Waals surface area contributed by atoms with E-state index in [2.05, 4.69) is 5.32 Å². The number of likely N-dealkylation sites (N-methyl/N-ethyl adjacent to an activating group) is 1. The fourth-order valence-electron chi connectivity index (χ4n) is 6.88. The van der Waals surface area contributed by atoms with E-state index in [9.17, 15) is 39.6 Å². The molecule has 12 heteroatoms. The number of primary amides is 1. The number of hydrogen-bond acceptors (Lipinski definition) is 10. The van der Waals surface area contributed by atoms with Gasteiger partial charge in [0.1, 0.15) is 22.8 Å². The number of carbonyl (C=O) groups excluding carboxylic acids is 4. The number of phenols is 1. The van der Waals surface area contributed by atoms with Gasteiger partial charge in [-0.3, -0.25) is 24.1 Å². The maximum Gasteiger partial charge on any atom is 0.255 e. The molecule has 3 aliphatic carbocycles. The van der Waals surface area contributed by atoms with Gasteiger partial charge in [-0.05, 0) is 62.2 Å². The summed E-state index contributed by atoms with van der Waals surface area (Å²) in [5.41, 5.74) is 4.10. The van der Waals surface area contributed by atoms with Gasteiger partial charge in [0.25, 0.3) is 5.91 Å². The van der Waals surface area contributed by atoms with Crippen molar-refractivity contribution in [2.24, 2.45) is 17.6 Å². The number of nitrogens with zero attached hydrogens (tertiary/aromatic N) is 2. The molecule has 4 atom stereocenters. The van der Waals surface area contributed by atoms with Crippen molar-refractivity contribution in [3.05, 3.63) is 58.4 Å². The number of nitrogens with two attached hydrogens (primary N) is 1. The number of hydrogen-bond donors (Lipinski definition) is 6. The number of Topliss-reactive ketones (excluding diaryl/α,β-unsaturated/α-hetero) is 2. The largest absolute Gasteiger partial charge is 0.508 e. The molecule has 12 nitrogen and oxygen atoms in total. The molecule has 2 aromatic carbocycles. The van der Waals surface area contributed by atoms with Gasteiger partial charge in [-0.2, -0.15) is 0 Å². The van der Waals surface area contributed by atoms with E-state index in [0.29, 0.717) is 28.1 Å². The first-order valence-corrected chi connectivity index (χ1v) is 13.7. The lowest BCUT2D eigenvalue weighted by Crippen LogP contribution is -2.65. The summed E-state index contributed by atoms with van der Waals surface area (Å²) in [5.74, 6) is -7.31. The van der Waals surface area contributed by atoms with Gasteiger partial charge >= 0.3 is 0 Å². The molecule has 0 aromatic heterocycles. The minimum atomic E-state index is -2.71. The molecule has 2 aromatic rings. The van der Waals surface area contributed by atoms with Crippen molar-refractivity contribution in [2.75, 3.05) is 38.4 Å². The van der Waals surface area contributed by atoms with E-state index in [4.69, 9.17) is 5.73 Å². The molecule has 0 bridgehead atoms. The molecule has 2 amide bonds. The number of phenolic OH excluding ortho intramolecular Hbond substituents is 1. The molecule has 7 N–H and O–H groups in total. The number of rotatable bonds is 5. The predicted octanol–water partition coefficient (Wildman–Crippen LogP) is 1.66. The highest BCUT2D eigenvalue weighted by Crippen LogP contribution is 2.55. The molecule has 0 radical (unpaired) electrons. The van der Waals surface area contributed by atoms with Crippen LogP contribution in [0.2, 0.25) is 0 Å². The number of nitrogens with one attached hydrogen (secondary N) is 1. The predicted molar refractivity (Wildman–Crippen MR) is 158 cm³/mol. The van der Waals surface area contributed by atoms with Gasteiger partial charge in [-0.25, -0.2) is 0 Å². The average molecular weight is 591 g/mol. The zero-order chi connectivity index (χ0) is 31.7. The van der Waals surface area contributed by atoms with Crippen molar-refractivity contribution in [3.63, 3.8) is 0 Å². The van der Waals surface area contributed by atoms with Gasteiger partial charge in [0.2, 0.25) is 11.7 Å². The molecule has 43 heavy (non-hydrogen) atoms. The van der Waals surface area contributed by atoms with E-state index < -0.39 is 58.0 Å². The number of ketones is 2. The van der Waals surface area contributed by atoms with E-state index in [-0.39, 0.29) is 35.6 Å². The van der Waals surface area contributed by atoms with Crippen LogP contribution in [0.1, 0.15) is 24.5 Å². The average Bonchev–Trinajstić information content (AvgIpc) is 2.90. The Labute approximate surface area is 247 Å². The minimum Gasteiger partial charge on any atom is -0.508 e. The third-order valence-corrected chi connectivity index (χ3v) is 8.67. The second-order valence-corrected chi connectivity index (χ2v) is 11.8. The van der Waals surface area contributed by atoms with Crippen LogP contribution in [0.25, 0.3) is 16.9 Å². The van der Waals surface area contributed by atoms with Crippen molar-refractivity contribution in [1.82, 2.24) is 4.90 Å². The van der Waals surface area contributed by atoms with Crippen LogP contribution in [0, 0.1) is 11.8 Å². The van der Waals surface area contributed by atoms with Crippen molar-refractivity contribution in [3.8, 4) is 16.9 Å². The molecule has 0 spiro atoms. The van der Waals surface area contributed by atoms with Gasteiger partial charge < -0.3 is 36.4 Å². The minimum absolute atomic E-state index is 0.0000944. The third kappa shape index (κ3) is 4.36. The van der Waals surface area contributed by atoms with Gasteiger partial charge in [0.15, 0.2) is 11.4 Å². The molecule has 0 unspecified atom stereocenters. The first-order valence-electron chi connectivity index (χ1n) is 13.7. The number of aliphatic hydroxyl groups excluding tert-OH is 2. The molecular weight excluding hydrogens is 556 g/mol. The van der Waals surface area contributed by atoms with Crippen LogP contribution < -0.4 is 16.0 Å². The Hall–Kier alpha value is -4.68. The van der Waals surface area contributed by atoms with Crippen molar-refractivity contribution in [2.45, 2.75) is 31.4 Å². The second-order valence-electron chi connectivity index (χ2n) is 11.8. The highest BCUT2D eigenvalue weighted by molar-refractivity contribution is 6.24. The molecule has 3 aliphatic rings.